The molecule has 0 aliphatic carbocycles. The predicted octanol–water partition coefficient (Wildman–Crippen LogP) is 3.78. The summed E-state index contributed by atoms with van der Waals surface area (Å²) in [6.45, 7) is 1.78. The molecular weight excluding hydrogens is 364 g/mol. The van der Waals surface area contributed by atoms with Gasteiger partial charge in [0, 0.05) is 21.7 Å². The number of aromatic nitrogens is 1. The van der Waals surface area contributed by atoms with Gasteiger partial charge in [0.2, 0.25) is 0 Å². The van der Waals surface area contributed by atoms with E-state index < -0.39 is 0 Å². The summed E-state index contributed by atoms with van der Waals surface area (Å²) < 4.78 is 1.02. The first-order valence-corrected chi connectivity index (χ1v) is 9.17. The van der Waals surface area contributed by atoms with Gasteiger partial charge in [0.1, 0.15) is 12.1 Å². The van der Waals surface area contributed by atoms with Crippen molar-refractivity contribution in [1.82, 2.24) is 4.98 Å². The van der Waals surface area contributed by atoms with Crippen molar-refractivity contribution in [3.05, 3.63) is 58.0 Å². The summed E-state index contributed by atoms with van der Waals surface area (Å²) in [4.78, 5) is 6.30. The van der Waals surface area contributed by atoms with Gasteiger partial charge in [0.05, 0.1) is 52.7 Å². The first kappa shape index (κ1) is 18.1. The molecule has 1 aromatic carbocycles. The minimum Gasteiger partial charge on any atom is -0.313 e. The molecule has 0 aliphatic heterocycles. The lowest BCUT2D eigenvalue weighted by Crippen LogP contribution is -3.00. The maximum atomic E-state index is 9.82. The molecule has 2 heterocycles. The van der Waals surface area contributed by atoms with E-state index >= 15 is 0 Å². The van der Waals surface area contributed by atoms with Crippen LogP contribution >= 0.6 is 22.9 Å². The molecule has 0 bridgehead atoms. The second-order valence-corrected chi connectivity index (χ2v) is 7.51. The van der Waals surface area contributed by atoms with Crippen LogP contribution < -0.4 is 4.90 Å². The van der Waals surface area contributed by atoms with Crippen LogP contribution in [0.2, 0.25) is 5.02 Å². The monoisotopic (exact) mass is 379 g/mol. The summed E-state index contributed by atoms with van der Waals surface area (Å²) in [5.41, 5.74) is 2.47. The molecule has 0 atom stereocenters. The molecule has 0 spiro atoms. The number of hydrogen-bond acceptors (Lipinski definition) is 4. The maximum absolute atomic E-state index is 9.82. The van der Waals surface area contributed by atoms with E-state index in [4.69, 9.17) is 11.6 Å². The van der Waals surface area contributed by atoms with E-state index in [0.717, 1.165) is 19.9 Å². The van der Waals surface area contributed by atoms with Crippen LogP contribution in [0.4, 0.5) is 0 Å². The van der Waals surface area contributed by atoms with E-state index in [-0.39, 0.29) is 0 Å². The molecule has 0 saturated carbocycles. The molecule has 128 valence electrons. The van der Waals surface area contributed by atoms with Gasteiger partial charge in [-0.25, -0.2) is 0 Å². The van der Waals surface area contributed by atoms with Crippen LogP contribution in [0.5, 0.6) is 0 Å². The number of nitrogens with one attached hydrogen (secondary N) is 1. The second kappa shape index (κ2) is 7.27. The Hall–Kier alpha value is -2.70. The highest BCUT2D eigenvalue weighted by Gasteiger charge is 2.23. The zero-order valence-electron chi connectivity index (χ0n) is 14.6. The third-order valence-corrected chi connectivity index (χ3v) is 5.66. The van der Waals surface area contributed by atoms with Crippen LogP contribution in [0.1, 0.15) is 22.5 Å². The van der Waals surface area contributed by atoms with E-state index in [1.54, 1.807) is 6.92 Å². The number of pyridine rings is 1. The lowest BCUT2D eigenvalue weighted by Gasteiger charge is -2.11. The number of thiophene rings is 1. The van der Waals surface area contributed by atoms with Crippen LogP contribution in [-0.4, -0.2) is 19.1 Å². The molecule has 0 unspecified atom stereocenters. The lowest BCUT2D eigenvalue weighted by molar-refractivity contribution is -0.800. The van der Waals surface area contributed by atoms with E-state index in [1.807, 2.05) is 50.6 Å². The normalized spacial score (nSPS) is 11.2. The lowest BCUT2D eigenvalue weighted by atomic mass is 9.98. The Balaban J connectivity index is 2.40. The average Bonchev–Trinajstić information content (AvgIpc) is 2.96. The van der Waals surface area contributed by atoms with E-state index in [0.29, 0.717) is 33.1 Å². The Kier molecular flexibility index (Phi) is 5.06. The zero-order chi connectivity index (χ0) is 18.8. The first-order chi connectivity index (χ1) is 12.5. The van der Waals surface area contributed by atoms with E-state index in [9.17, 15) is 10.5 Å². The van der Waals surface area contributed by atoms with E-state index in [1.165, 1.54) is 11.3 Å². The fourth-order valence-corrected chi connectivity index (χ4v) is 4.33. The molecule has 1 N–H and O–H groups in total. The van der Waals surface area contributed by atoms with Gasteiger partial charge in [-0.3, -0.25) is 4.98 Å². The van der Waals surface area contributed by atoms with Crippen molar-refractivity contribution in [1.29, 1.82) is 10.5 Å². The van der Waals surface area contributed by atoms with Gasteiger partial charge in [-0.05, 0) is 13.0 Å². The number of rotatable bonds is 3. The summed E-state index contributed by atoms with van der Waals surface area (Å²) in [6, 6.07) is 12.2. The van der Waals surface area contributed by atoms with Gasteiger partial charge in [-0.15, -0.1) is 11.3 Å². The molecule has 0 aliphatic rings. The Morgan fingerprint density at radius 3 is 2.46 bits per heavy atom. The molecule has 26 heavy (non-hydrogen) atoms. The number of hydrogen-bond donors (Lipinski definition) is 1. The van der Waals surface area contributed by atoms with E-state index in [2.05, 4.69) is 17.1 Å². The van der Waals surface area contributed by atoms with Crippen LogP contribution in [0.15, 0.2) is 30.5 Å². The topological polar surface area (TPSA) is 64.9 Å². The van der Waals surface area contributed by atoms with Crippen molar-refractivity contribution >= 4 is 39.1 Å². The molecule has 0 saturated heterocycles. The first-order valence-electron chi connectivity index (χ1n) is 7.98. The molecular formula is C20H16ClN4S+. The van der Waals surface area contributed by atoms with Crippen molar-refractivity contribution in [3.8, 4) is 22.6 Å². The largest absolute Gasteiger partial charge is 0.313 e. The van der Waals surface area contributed by atoms with Gasteiger partial charge in [-0.2, -0.15) is 10.5 Å². The molecule has 0 amide bonds. The van der Waals surface area contributed by atoms with Gasteiger partial charge in [-0.1, -0.05) is 29.8 Å². The van der Waals surface area contributed by atoms with Crippen LogP contribution in [0.3, 0.4) is 0 Å². The highest BCUT2D eigenvalue weighted by Crippen LogP contribution is 2.45. The summed E-state index contributed by atoms with van der Waals surface area (Å²) in [5, 5.41) is 21.0. The third-order valence-electron chi connectivity index (χ3n) is 3.97. The summed E-state index contributed by atoms with van der Waals surface area (Å²) in [6.07, 6.45) is 3.72. The fourth-order valence-electron chi connectivity index (χ4n) is 2.74. The van der Waals surface area contributed by atoms with Crippen molar-refractivity contribution in [2.45, 2.75) is 6.92 Å². The van der Waals surface area contributed by atoms with Gasteiger partial charge in [0.15, 0.2) is 0 Å². The number of nitriles is 2. The van der Waals surface area contributed by atoms with Gasteiger partial charge < -0.3 is 4.90 Å². The van der Waals surface area contributed by atoms with Gasteiger partial charge in [0.25, 0.3) is 0 Å². The fraction of sp³-hybridized carbons (Fsp3) is 0.150. The minimum atomic E-state index is 0.373. The van der Waals surface area contributed by atoms with Crippen molar-refractivity contribution in [3.63, 3.8) is 0 Å². The summed E-state index contributed by atoms with van der Waals surface area (Å²) in [7, 11) is 3.95. The van der Waals surface area contributed by atoms with Crippen LogP contribution in [-0.2, 0) is 0 Å². The Morgan fingerprint density at radius 2 is 1.85 bits per heavy atom. The Morgan fingerprint density at radius 1 is 1.15 bits per heavy atom. The van der Waals surface area contributed by atoms with Crippen LogP contribution in [0, 0.1) is 29.6 Å². The summed E-state index contributed by atoms with van der Waals surface area (Å²) in [5.74, 6) is 0. The number of halogens is 1. The number of nitrogens with zero attached hydrogens (tertiary/aromatic N) is 3. The quantitative estimate of drug-likeness (QED) is 0.753. The molecule has 3 aromatic rings. The molecule has 2 aromatic heterocycles. The predicted molar refractivity (Wildman–Crippen MR) is 106 cm³/mol. The van der Waals surface area contributed by atoms with Crippen LogP contribution in [0.25, 0.3) is 26.6 Å². The molecule has 0 radical (unpaired) electrons. The smallest absolute Gasteiger partial charge is 0.102 e. The number of aryl methyl sites for hydroxylation is 1. The maximum Gasteiger partial charge on any atom is 0.102 e. The number of fused-ring (bicyclic) bond motifs is 1. The van der Waals surface area contributed by atoms with Gasteiger partial charge >= 0.3 is 0 Å². The average molecular weight is 380 g/mol. The zero-order valence-corrected chi connectivity index (χ0v) is 16.2. The van der Waals surface area contributed by atoms with Crippen molar-refractivity contribution < 1.29 is 4.90 Å². The summed E-state index contributed by atoms with van der Waals surface area (Å²) >= 11 is 8.12. The molecule has 0 fully saturated rings. The SMILES string of the molecule is Cc1nc(/C=C/[NH+](C)C)c(C#N)c(-c2sc3ccccc3c2Cl)c1C#N. The number of quaternary nitrogens is 1. The molecule has 3 rings (SSSR count). The second-order valence-electron chi connectivity index (χ2n) is 6.08. The Labute approximate surface area is 161 Å². The molecule has 4 nitrogen and oxygen atoms in total. The number of benzene rings is 1. The highest BCUT2D eigenvalue weighted by molar-refractivity contribution is 7.23. The minimum absolute atomic E-state index is 0.373. The standard InChI is InChI=1S/C20H15ClN4S/c1-12-14(10-22)18(15(11-23)16(24-12)8-9-25(2)3)20-19(21)13-6-4-5-7-17(13)26-20/h4-9H,1-3H3/p+1/b9-8+. The Bertz CT molecular complexity index is 1110. The van der Waals surface area contributed by atoms with Crippen molar-refractivity contribution in [2.24, 2.45) is 0 Å². The third kappa shape index (κ3) is 3.09. The van der Waals surface area contributed by atoms with Crippen molar-refractivity contribution in [2.75, 3.05) is 14.1 Å². The molecule has 6 heteroatoms. The highest BCUT2D eigenvalue weighted by atomic mass is 35.5.